The summed E-state index contributed by atoms with van der Waals surface area (Å²) in [6.45, 7) is 3.68. The van der Waals surface area contributed by atoms with Crippen LogP contribution in [0.4, 0.5) is 4.39 Å². The number of aliphatic imine (C=N–C) groups is 1. The zero-order chi connectivity index (χ0) is 34.1. The maximum absolute atomic E-state index is 13.3. The van der Waals surface area contributed by atoms with Crippen LogP contribution >= 0.6 is 0 Å². The van der Waals surface area contributed by atoms with Crippen LogP contribution in [0.5, 0.6) is 0 Å². The Morgan fingerprint density at radius 2 is 1.57 bits per heavy atom. The number of halogens is 1. The molecule has 0 radical (unpaired) electrons. The zero-order valence-electron chi connectivity index (χ0n) is 25.6. The van der Waals surface area contributed by atoms with E-state index in [2.05, 4.69) is 35.0 Å². The molecular weight excluding hydrogens is 617 g/mol. The topological polar surface area (TPSA) is 198 Å². The lowest BCUT2D eigenvalue weighted by atomic mass is 10.1. The van der Waals surface area contributed by atoms with Gasteiger partial charge in [-0.3, -0.25) is 28.7 Å². The molecule has 0 aliphatic carbocycles. The monoisotopic (exact) mass is 645 g/mol. The van der Waals surface area contributed by atoms with Gasteiger partial charge in [-0.1, -0.05) is 12.1 Å². The number of esters is 2. The van der Waals surface area contributed by atoms with E-state index >= 15 is 0 Å². The Hall–Kier alpha value is -6.39. The number of carbonyl (C=O) groups is 3. The molecule has 0 unspecified atom stereocenters. The van der Waals surface area contributed by atoms with E-state index in [4.69, 9.17) is 4.74 Å². The first-order valence-electron chi connectivity index (χ1n) is 13.7. The summed E-state index contributed by atoms with van der Waals surface area (Å²) in [6, 6.07) is 7.61. The van der Waals surface area contributed by atoms with Gasteiger partial charge < -0.3 is 14.8 Å². The molecule has 0 bridgehead atoms. The lowest BCUT2D eigenvalue weighted by molar-refractivity contribution is -0.425. The molecule has 0 fully saturated rings. The number of amides is 1. The predicted octanol–water partition coefficient (Wildman–Crippen LogP) is 3.30. The highest BCUT2D eigenvalue weighted by Crippen LogP contribution is 2.12. The molecule has 0 atom stereocenters. The smallest absolute Gasteiger partial charge is 0.355 e. The molecule has 0 spiro atoms. The second-order valence-corrected chi connectivity index (χ2v) is 9.72. The highest BCUT2D eigenvalue weighted by molar-refractivity contribution is 5.96. The molecule has 0 saturated carbocycles. The molecule has 1 aromatic carbocycles. The quantitative estimate of drug-likeness (QED) is 0.162. The third-order valence-electron chi connectivity index (χ3n) is 6.46. The number of rotatable bonds is 6. The van der Waals surface area contributed by atoms with E-state index in [1.54, 1.807) is 35.7 Å². The minimum atomic E-state index is -0.603. The number of aromatic nitrogens is 6. The van der Waals surface area contributed by atoms with Crippen molar-refractivity contribution in [3.8, 4) is 0 Å². The molecule has 16 nitrogen and oxygen atoms in total. The maximum atomic E-state index is 13.3. The number of nitrogens with one attached hydrogen (secondary N) is 1. The number of allylic oxidation sites excluding steroid dienone is 1. The Balaban J connectivity index is 0.000000189. The van der Waals surface area contributed by atoms with Gasteiger partial charge in [0.1, 0.15) is 35.6 Å². The summed E-state index contributed by atoms with van der Waals surface area (Å²) in [6.07, 6.45) is 9.13. The van der Waals surface area contributed by atoms with Crippen molar-refractivity contribution in [2.24, 2.45) is 4.99 Å². The van der Waals surface area contributed by atoms with Crippen molar-refractivity contribution in [3.05, 3.63) is 117 Å². The molecule has 242 valence electrons. The number of hydrogen-bond acceptors (Lipinski definition) is 12. The molecule has 6 rings (SSSR count). The van der Waals surface area contributed by atoms with E-state index in [0.29, 0.717) is 29.0 Å². The van der Waals surface area contributed by atoms with Crippen molar-refractivity contribution in [2.75, 3.05) is 14.2 Å². The van der Waals surface area contributed by atoms with Gasteiger partial charge in [0.25, 0.3) is 11.6 Å². The summed E-state index contributed by atoms with van der Waals surface area (Å²) in [4.78, 5) is 64.8. The van der Waals surface area contributed by atoms with Gasteiger partial charge in [-0.15, -0.1) is 0 Å². The first-order chi connectivity index (χ1) is 22.5. The fourth-order valence-corrected chi connectivity index (χ4v) is 4.14. The van der Waals surface area contributed by atoms with Crippen LogP contribution in [0.3, 0.4) is 0 Å². The Labute approximate surface area is 265 Å². The van der Waals surface area contributed by atoms with Crippen LogP contribution in [0.2, 0.25) is 0 Å². The van der Waals surface area contributed by atoms with Crippen LogP contribution in [-0.2, 0) is 16.0 Å². The SMILES string of the molecule is COC(=O)c1cc(C(=O)NCc2ccc(F)c(C)c2)nc2cncn12.COC(=O)c1cc(C)nc2cncn12.O=[N+]([O-])C1=CN=CC1. The van der Waals surface area contributed by atoms with Gasteiger partial charge in [-0.05, 0) is 37.1 Å². The van der Waals surface area contributed by atoms with Gasteiger partial charge in [-0.2, -0.15) is 0 Å². The number of fused-ring (bicyclic) bond motifs is 2. The van der Waals surface area contributed by atoms with Gasteiger partial charge in [0.2, 0.25) is 0 Å². The lowest BCUT2D eigenvalue weighted by Gasteiger charge is -2.08. The number of ether oxygens (including phenoxy) is 2. The standard InChI is InChI=1S/C17H15FN4O3.C9H9N3O2.C4H4N2O2/c1-10-5-11(3-4-12(10)18)7-20-16(23)13-6-14(17(24)25-2)22-9-19-8-15(22)21-13;1-6-3-7(9(13)14-2)12-5-10-4-8(12)11-6;7-6(8)4-1-2-5-3-4/h3-6,8-9H,7H2,1-2H3,(H,20,23);3-5H,1-2H3;2-3H,1H2. The van der Waals surface area contributed by atoms with E-state index < -0.39 is 22.8 Å². The minimum Gasteiger partial charge on any atom is -0.464 e. The third-order valence-corrected chi connectivity index (χ3v) is 6.46. The largest absolute Gasteiger partial charge is 0.464 e. The second-order valence-electron chi connectivity index (χ2n) is 9.72. The van der Waals surface area contributed by atoms with Crippen molar-refractivity contribution in [1.29, 1.82) is 0 Å². The van der Waals surface area contributed by atoms with E-state index in [-0.39, 0.29) is 29.4 Å². The number of carbonyl (C=O) groups excluding carboxylic acids is 3. The first kappa shape index (κ1) is 33.5. The van der Waals surface area contributed by atoms with Crippen molar-refractivity contribution < 1.29 is 33.2 Å². The van der Waals surface area contributed by atoms with Gasteiger partial charge in [0.15, 0.2) is 11.3 Å². The Bertz CT molecular complexity index is 2030. The minimum absolute atomic E-state index is 0.0623. The zero-order valence-corrected chi connectivity index (χ0v) is 25.6. The van der Waals surface area contributed by atoms with Gasteiger partial charge in [0, 0.05) is 24.5 Å². The normalized spacial score (nSPS) is 11.6. The molecule has 4 aromatic heterocycles. The van der Waals surface area contributed by atoms with Crippen LogP contribution < -0.4 is 5.32 Å². The van der Waals surface area contributed by atoms with Gasteiger partial charge >= 0.3 is 11.9 Å². The molecule has 1 amide bonds. The third kappa shape index (κ3) is 8.21. The average molecular weight is 646 g/mol. The van der Waals surface area contributed by atoms with Gasteiger partial charge in [-0.25, -0.2) is 33.9 Å². The summed E-state index contributed by atoms with van der Waals surface area (Å²) in [7, 11) is 2.60. The van der Waals surface area contributed by atoms with Crippen LogP contribution in [0.1, 0.15) is 54.7 Å². The van der Waals surface area contributed by atoms with Crippen molar-refractivity contribution in [2.45, 2.75) is 26.8 Å². The fraction of sp³-hybridized carbons (Fsp3) is 0.200. The Morgan fingerprint density at radius 1 is 0.957 bits per heavy atom. The number of hydrogen-bond donors (Lipinski definition) is 1. The van der Waals surface area contributed by atoms with Crippen LogP contribution in [0.15, 0.2) is 72.3 Å². The molecule has 47 heavy (non-hydrogen) atoms. The second kappa shape index (κ2) is 15.1. The number of methoxy groups -OCH3 is 2. The number of nitro groups is 1. The molecule has 17 heteroatoms. The maximum Gasteiger partial charge on any atom is 0.355 e. The molecule has 0 saturated heterocycles. The van der Waals surface area contributed by atoms with E-state index in [0.717, 1.165) is 11.3 Å². The van der Waals surface area contributed by atoms with E-state index in [1.165, 1.54) is 62.0 Å². The molecule has 1 aliphatic rings. The average Bonchev–Trinajstić information content (AvgIpc) is 3.86. The van der Waals surface area contributed by atoms with Crippen molar-refractivity contribution in [3.63, 3.8) is 0 Å². The number of nitrogens with zero attached hydrogens (tertiary/aromatic N) is 8. The predicted molar refractivity (Wildman–Crippen MR) is 164 cm³/mol. The Morgan fingerprint density at radius 3 is 2.11 bits per heavy atom. The van der Waals surface area contributed by atoms with Gasteiger partial charge in [0.05, 0.1) is 44.2 Å². The molecule has 5 heterocycles. The van der Waals surface area contributed by atoms with E-state index in [9.17, 15) is 28.9 Å². The van der Waals surface area contributed by atoms with Crippen molar-refractivity contribution >= 4 is 35.4 Å². The van der Waals surface area contributed by atoms with Crippen molar-refractivity contribution in [1.82, 2.24) is 34.1 Å². The highest BCUT2D eigenvalue weighted by atomic mass is 19.1. The number of aryl methyl sites for hydroxylation is 2. The summed E-state index contributed by atoms with van der Waals surface area (Å²) < 4.78 is 25.7. The summed E-state index contributed by atoms with van der Waals surface area (Å²) in [5, 5.41) is 12.6. The first-order valence-corrected chi connectivity index (χ1v) is 13.7. The highest BCUT2D eigenvalue weighted by Gasteiger charge is 2.17. The molecular formula is C30H28FN9O7. The summed E-state index contributed by atoms with van der Waals surface area (Å²) >= 11 is 0. The summed E-state index contributed by atoms with van der Waals surface area (Å²) in [5.74, 6) is -1.76. The van der Waals surface area contributed by atoms with Crippen LogP contribution in [0, 0.1) is 29.8 Å². The molecule has 1 aliphatic heterocycles. The lowest BCUT2D eigenvalue weighted by Crippen LogP contribution is -2.25. The fourth-order valence-electron chi connectivity index (χ4n) is 4.14. The summed E-state index contributed by atoms with van der Waals surface area (Å²) in [5.41, 5.74) is 3.83. The Kier molecular flexibility index (Phi) is 10.7. The molecule has 1 N–H and O–H groups in total. The number of imidazole rings is 2. The van der Waals surface area contributed by atoms with Crippen LogP contribution in [0.25, 0.3) is 11.3 Å². The van der Waals surface area contributed by atoms with Crippen LogP contribution in [-0.4, -0.2) is 71.9 Å². The molecule has 5 aromatic rings. The number of benzene rings is 1. The van der Waals surface area contributed by atoms with E-state index in [1.807, 2.05) is 6.92 Å².